The molecule has 1 aliphatic carbocycles. The van der Waals surface area contributed by atoms with Crippen LogP contribution in [0.4, 0.5) is 5.82 Å². The summed E-state index contributed by atoms with van der Waals surface area (Å²) < 4.78 is 1.75. The Morgan fingerprint density at radius 1 is 1.71 bits per heavy atom. The molecule has 2 rings (SSSR count). The summed E-state index contributed by atoms with van der Waals surface area (Å²) in [5, 5.41) is 2.92. The molecule has 1 heterocycles. The van der Waals surface area contributed by atoms with Crippen LogP contribution in [0.2, 0.25) is 0 Å². The summed E-state index contributed by atoms with van der Waals surface area (Å²) in [7, 11) is 0. The predicted octanol–water partition coefficient (Wildman–Crippen LogP) is 1.18. The number of aromatic nitrogens is 2. The van der Waals surface area contributed by atoms with Gasteiger partial charge in [-0.3, -0.25) is 4.79 Å². The van der Waals surface area contributed by atoms with Crippen LogP contribution < -0.4 is 10.9 Å². The molecule has 74 valence electrons. The van der Waals surface area contributed by atoms with E-state index >= 15 is 0 Å². The van der Waals surface area contributed by atoms with Crippen LogP contribution in [0.15, 0.2) is 29.8 Å². The molecule has 0 saturated heterocycles. The maximum Gasteiger partial charge on any atom is 0.293 e. The molecular weight excluding hydrogens is 178 g/mol. The molecule has 0 atom stereocenters. The normalized spacial score (nSPS) is 15.1. The summed E-state index contributed by atoms with van der Waals surface area (Å²) >= 11 is 0. The van der Waals surface area contributed by atoms with Crippen LogP contribution >= 0.6 is 0 Å². The fourth-order valence-corrected chi connectivity index (χ4v) is 1.36. The Bertz CT molecular complexity index is 393. The standard InChI is InChI=1S/C10H13N3O/c1-2-5-11-9-10(14)13(7-6-12-9)8-3-4-8/h2,6-8H,1,3-5H2,(H,11,12). The Hall–Kier alpha value is -1.58. The molecule has 1 aromatic heterocycles. The number of nitrogens with zero attached hydrogens (tertiary/aromatic N) is 2. The highest BCUT2D eigenvalue weighted by molar-refractivity contribution is 5.31. The Labute approximate surface area is 82.3 Å². The lowest BCUT2D eigenvalue weighted by molar-refractivity contribution is 0.700. The highest BCUT2D eigenvalue weighted by atomic mass is 16.1. The summed E-state index contributed by atoms with van der Waals surface area (Å²) in [6, 6.07) is 0.398. The molecule has 0 radical (unpaired) electrons. The molecule has 1 aromatic rings. The summed E-state index contributed by atoms with van der Waals surface area (Å²) in [6.45, 7) is 4.14. The average Bonchev–Trinajstić information content (AvgIpc) is 3.00. The molecule has 0 spiro atoms. The first-order valence-corrected chi connectivity index (χ1v) is 4.75. The molecular formula is C10H13N3O. The zero-order valence-electron chi connectivity index (χ0n) is 7.94. The zero-order valence-corrected chi connectivity index (χ0v) is 7.94. The highest BCUT2D eigenvalue weighted by Crippen LogP contribution is 2.33. The van der Waals surface area contributed by atoms with E-state index in [0.717, 1.165) is 12.8 Å². The monoisotopic (exact) mass is 191 g/mol. The quantitative estimate of drug-likeness (QED) is 0.727. The second kappa shape index (κ2) is 3.65. The fourth-order valence-electron chi connectivity index (χ4n) is 1.36. The fraction of sp³-hybridized carbons (Fsp3) is 0.400. The predicted molar refractivity (Wildman–Crippen MR) is 55.5 cm³/mol. The number of nitrogens with one attached hydrogen (secondary N) is 1. The molecule has 0 bridgehead atoms. The van der Waals surface area contributed by atoms with Gasteiger partial charge >= 0.3 is 0 Å². The van der Waals surface area contributed by atoms with Gasteiger partial charge in [0.15, 0.2) is 5.82 Å². The van der Waals surface area contributed by atoms with Crippen molar-refractivity contribution in [1.29, 1.82) is 0 Å². The summed E-state index contributed by atoms with van der Waals surface area (Å²) in [6.07, 6.45) is 7.31. The van der Waals surface area contributed by atoms with Crippen molar-refractivity contribution >= 4 is 5.82 Å². The van der Waals surface area contributed by atoms with Crippen molar-refractivity contribution in [3.8, 4) is 0 Å². The second-order valence-corrected chi connectivity index (χ2v) is 3.39. The van der Waals surface area contributed by atoms with Crippen molar-refractivity contribution in [3.63, 3.8) is 0 Å². The molecule has 0 aromatic carbocycles. The number of anilines is 1. The van der Waals surface area contributed by atoms with Crippen LogP contribution in [0, 0.1) is 0 Å². The van der Waals surface area contributed by atoms with Gasteiger partial charge in [0.25, 0.3) is 5.56 Å². The van der Waals surface area contributed by atoms with Crippen LogP contribution in [-0.4, -0.2) is 16.1 Å². The number of rotatable bonds is 4. The van der Waals surface area contributed by atoms with Crippen molar-refractivity contribution < 1.29 is 0 Å². The first-order valence-electron chi connectivity index (χ1n) is 4.75. The Morgan fingerprint density at radius 3 is 3.14 bits per heavy atom. The zero-order chi connectivity index (χ0) is 9.97. The van der Waals surface area contributed by atoms with E-state index in [9.17, 15) is 4.79 Å². The lowest BCUT2D eigenvalue weighted by Gasteiger charge is -2.05. The third kappa shape index (κ3) is 1.69. The van der Waals surface area contributed by atoms with E-state index in [1.807, 2.05) is 0 Å². The van der Waals surface area contributed by atoms with Gasteiger partial charge in [-0.15, -0.1) is 6.58 Å². The van der Waals surface area contributed by atoms with E-state index in [4.69, 9.17) is 0 Å². The minimum absolute atomic E-state index is 0.0307. The van der Waals surface area contributed by atoms with Gasteiger partial charge in [0.2, 0.25) is 0 Å². The number of hydrogen-bond acceptors (Lipinski definition) is 3. The van der Waals surface area contributed by atoms with E-state index in [2.05, 4.69) is 16.9 Å². The Morgan fingerprint density at radius 2 is 2.50 bits per heavy atom. The van der Waals surface area contributed by atoms with Crippen LogP contribution in [0.5, 0.6) is 0 Å². The molecule has 0 amide bonds. The van der Waals surface area contributed by atoms with E-state index in [-0.39, 0.29) is 5.56 Å². The van der Waals surface area contributed by atoms with Crippen molar-refractivity contribution in [3.05, 3.63) is 35.4 Å². The van der Waals surface area contributed by atoms with Crippen molar-refractivity contribution in [1.82, 2.24) is 9.55 Å². The minimum atomic E-state index is -0.0307. The van der Waals surface area contributed by atoms with E-state index in [1.54, 1.807) is 23.0 Å². The third-order valence-electron chi connectivity index (χ3n) is 2.22. The molecule has 0 unspecified atom stereocenters. The first kappa shape index (κ1) is 8.99. The van der Waals surface area contributed by atoms with Gasteiger partial charge in [-0.25, -0.2) is 4.98 Å². The lowest BCUT2D eigenvalue weighted by Crippen LogP contribution is -2.23. The summed E-state index contributed by atoms with van der Waals surface area (Å²) in [5.74, 6) is 0.416. The number of hydrogen-bond donors (Lipinski definition) is 1. The van der Waals surface area contributed by atoms with Crippen molar-refractivity contribution in [2.45, 2.75) is 18.9 Å². The molecule has 1 aliphatic rings. The van der Waals surface area contributed by atoms with Gasteiger partial charge in [0.1, 0.15) is 0 Å². The maximum absolute atomic E-state index is 11.8. The second-order valence-electron chi connectivity index (χ2n) is 3.39. The van der Waals surface area contributed by atoms with Gasteiger partial charge in [-0.1, -0.05) is 6.08 Å². The SMILES string of the molecule is C=CCNc1nccn(C2CC2)c1=O. The maximum atomic E-state index is 11.8. The van der Waals surface area contributed by atoms with Gasteiger partial charge in [-0.2, -0.15) is 0 Å². The molecule has 0 aliphatic heterocycles. The van der Waals surface area contributed by atoms with Gasteiger partial charge in [0, 0.05) is 25.0 Å². The van der Waals surface area contributed by atoms with Crippen LogP contribution in [-0.2, 0) is 0 Å². The Balaban J connectivity index is 2.26. The topological polar surface area (TPSA) is 46.9 Å². The lowest BCUT2D eigenvalue weighted by atomic mass is 10.5. The van der Waals surface area contributed by atoms with Crippen LogP contribution in [0.3, 0.4) is 0 Å². The van der Waals surface area contributed by atoms with E-state index < -0.39 is 0 Å². The van der Waals surface area contributed by atoms with Crippen LogP contribution in [0.1, 0.15) is 18.9 Å². The molecule has 4 nitrogen and oxygen atoms in total. The first-order chi connectivity index (χ1) is 6.83. The third-order valence-corrected chi connectivity index (χ3v) is 2.22. The van der Waals surface area contributed by atoms with E-state index in [0.29, 0.717) is 18.4 Å². The summed E-state index contributed by atoms with van der Waals surface area (Å²) in [4.78, 5) is 15.8. The van der Waals surface area contributed by atoms with Gasteiger partial charge < -0.3 is 9.88 Å². The minimum Gasteiger partial charge on any atom is -0.362 e. The average molecular weight is 191 g/mol. The smallest absolute Gasteiger partial charge is 0.293 e. The highest BCUT2D eigenvalue weighted by Gasteiger charge is 2.24. The molecule has 1 fully saturated rings. The summed E-state index contributed by atoms with van der Waals surface area (Å²) in [5.41, 5.74) is -0.0307. The molecule has 14 heavy (non-hydrogen) atoms. The van der Waals surface area contributed by atoms with Gasteiger partial charge in [-0.05, 0) is 12.8 Å². The van der Waals surface area contributed by atoms with E-state index in [1.165, 1.54) is 0 Å². The van der Waals surface area contributed by atoms with Crippen molar-refractivity contribution in [2.75, 3.05) is 11.9 Å². The van der Waals surface area contributed by atoms with Gasteiger partial charge in [0.05, 0.1) is 0 Å². The van der Waals surface area contributed by atoms with Crippen molar-refractivity contribution in [2.24, 2.45) is 0 Å². The largest absolute Gasteiger partial charge is 0.362 e. The molecule has 1 saturated carbocycles. The van der Waals surface area contributed by atoms with Crippen LogP contribution in [0.25, 0.3) is 0 Å². The molecule has 4 heteroatoms. The Kier molecular flexibility index (Phi) is 2.35. The molecule has 1 N–H and O–H groups in total.